The van der Waals surface area contributed by atoms with Gasteiger partial charge < -0.3 is 4.52 Å². The van der Waals surface area contributed by atoms with Crippen molar-refractivity contribution in [2.24, 2.45) is 0 Å². The van der Waals surface area contributed by atoms with Crippen LogP contribution in [0.5, 0.6) is 0 Å². The number of ketones is 1. The molecule has 1 aliphatic carbocycles. The van der Waals surface area contributed by atoms with Gasteiger partial charge in [0.2, 0.25) is 11.7 Å². The highest BCUT2D eigenvalue weighted by Crippen LogP contribution is 2.33. The number of hydrogen-bond acceptors (Lipinski definition) is 4. The first-order valence-electron chi connectivity index (χ1n) is 5.84. The van der Waals surface area contributed by atoms with Gasteiger partial charge in [-0.3, -0.25) is 4.79 Å². The summed E-state index contributed by atoms with van der Waals surface area (Å²) in [6, 6.07) is 7.35. The molecule has 18 heavy (non-hydrogen) atoms. The van der Waals surface area contributed by atoms with Gasteiger partial charge in [-0.2, -0.15) is 4.98 Å². The van der Waals surface area contributed by atoms with Crippen LogP contribution in [0.2, 0.25) is 5.02 Å². The lowest BCUT2D eigenvalue weighted by Crippen LogP contribution is -1.94. The van der Waals surface area contributed by atoms with Crippen molar-refractivity contribution in [3.63, 3.8) is 0 Å². The number of carbonyl (C=O) groups is 1. The average molecular weight is 263 g/mol. The van der Waals surface area contributed by atoms with Gasteiger partial charge in [0.05, 0.1) is 5.02 Å². The van der Waals surface area contributed by atoms with E-state index in [1.165, 1.54) is 0 Å². The SMILES string of the molecule is O=C1CC[C@@H](c2nc(-c3ccccc3Cl)no2)C1. The molecule has 0 unspecified atom stereocenters. The van der Waals surface area contributed by atoms with Crippen LogP contribution < -0.4 is 0 Å². The summed E-state index contributed by atoms with van der Waals surface area (Å²) in [5.74, 6) is 1.35. The van der Waals surface area contributed by atoms with Crippen LogP contribution in [0.3, 0.4) is 0 Å². The van der Waals surface area contributed by atoms with Crippen LogP contribution in [0.4, 0.5) is 0 Å². The Bertz CT molecular complexity index is 594. The zero-order valence-electron chi connectivity index (χ0n) is 9.60. The van der Waals surface area contributed by atoms with Gasteiger partial charge in [0.25, 0.3) is 0 Å². The van der Waals surface area contributed by atoms with Crippen molar-refractivity contribution >= 4 is 17.4 Å². The van der Waals surface area contributed by atoms with E-state index in [0.29, 0.717) is 29.6 Å². The average Bonchev–Trinajstić information content (AvgIpc) is 2.98. The van der Waals surface area contributed by atoms with Gasteiger partial charge in [-0.05, 0) is 18.6 Å². The summed E-state index contributed by atoms with van der Waals surface area (Å²) in [6.07, 6.45) is 1.90. The Morgan fingerprint density at radius 1 is 1.33 bits per heavy atom. The molecular formula is C13H11ClN2O2. The second kappa shape index (κ2) is 4.53. The highest BCUT2D eigenvalue weighted by atomic mass is 35.5. The lowest BCUT2D eigenvalue weighted by molar-refractivity contribution is -0.117. The molecule has 1 fully saturated rings. The minimum atomic E-state index is 0.0706. The van der Waals surface area contributed by atoms with E-state index in [0.717, 1.165) is 12.0 Å². The number of rotatable bonds is 2. The first-order valence-corrected chi connectivity index (χ1v) is 6.22. The van der Waals surface area contributed by atoms with Gasteiger partial charge in [-0.1, -0.05) is 28.9 Å². The topological polar surface area (TPSA) is 56.0 Å². The van der Waals surface area contributed by atoms with Crippen LogP contribution >= 0.6 is 11.6 Å². The third kappa shape index (κ3) is 2.04. The van der Waals surface area contributed by atoms with Gasteiger partial charge >= 0.3 is 0 Å². The molecule has 0 amide bonds. The molecule has 1 heterocycles. The maximum atomic E-state index is 11.2. The highest BCUT2D eigenvalue weighted by molar-refractivity contribution is 6.33. The van der Waals surface area contributed by atoms with Crippen LogP contribution in [-0.2, 0) is 4.79 Å². The van der Waals surface area contributed by atoms with Gasteiger partial charge in [0.1, 0.15) is 5.78 Å². The fraction of sp³-hybridized carbons (Fsp3) is 0.308. The van der Waals surface area contributed by atoms with E-state index in [2.05, 4.69) is 10.1 Å². The Labute approximate surface area is 109 Å². The van der Waals surface area contributed by atoms with Crippen LogP contribution in [0.15, 0.2) is 28.8 Å². The maximum absolute atomic E-state index is 11.2. The molecule has 1 atom stereocenters. The second-order valence-electron chi connectivity index (χ2n) is 4.41. The maximum Gasteiger partial charge on any atom is 0.230 e. The third-order valence-electron chi connectivity index (χ3n) is 3.15. The fourth-order valence-electron chi connectivity index (χ4n) is 2.18. The molecule has 0 radical (unpaired) electrons. The molecule has 2 aromatic rings. The molecule has 0 bridgehead atoms. The van der Waals surface area contributed by atoms with E-state index in [4.69, 9.17) is 16.1 Å². The summed E-state index contributed by atoms with van der Waals surface area (Å²) in [7, 11) is 0. The van der Waals surface area contributed by atoms with E-state index in [-0.39, 0.29) is 11.7 Å². The number of Topliss-reactive ketones (excluding diaryl/α,β-unsaturated/α-hetero) is 1. The van der Waals surface area contributed by atoms with E-state index in [1.54, 1.807) is 6.07 Å². The second-order valence-corrected chi connectivity index (χ2v) is 4.82. The summed E-state index contributed by atoms with van der Waals surface area (Å²) in [4.78, 5) is 15.6. The summed E-state index contributed by atoms with van der Waals surface area (Å²) >= 11 is 6.08. The van der Waals surface area contributed by atoms with Crippen LogP contribution in [0.25, 0.3) is 11.4 Å². The molecular weight excluding hydrogens is 252 g/mol. The zero-order chi connectivity index (χ0) is 12.5. The largest absolute Gasteiger partial charge is 0.339 e. The molecule has 0 aliphatic heterocycles. The highest BCUT2D eigenvalue weighted by Gasteiger charge is 2.28. The monoisotopic (exact) mass is 262 g/mol. The molecule has 1 aromatic carbocycles. The number of hydrogen-bond donors (Lipinski definition) is 0. The third-order valence-corrected chi connectivity index (χ3v) is 3.48. The molecule has 1 saturated carbocycles. The minimum Gasteiger partial charge on any atom is -0.339 e. The van der Waals surface area contributed by atoms with Crippen molar-refractivity contribution in [2.45, 2.75) is 25.2 Å². The van der Waals surface area contributed by atoms with E-state index >= 15 is 0 Å². The number of halogens is 1. The Morgan fingerprint density at radius 2 is 2.17 bits per heavy atom. The Balaban J connectivity index is 1.90. The summed E-state index contributed by atoms with van der Waals surface area (Å²) in [5, 5.41) is 4.53. The lowest BCUT2D eigenvalue weighted by atomic mass is 10.1. The Hall–Kier alpha value is -1.68. The summed E-state index contributed by atoms with van der Waals surface area (Å²) in [6.45, 7) is 0. The molecule has 1 aliphatic rings. The van der Waals surface area contributed by atoms with Crippen molar-refractivity contribution in [1.82, 2.24) is 10.1 Å². The van der Waals surface area contributed by atoms with E-state index in [1.807, 2.05) is 18.2 Å². The predicted octanol–water partition coefficient (Wildman–Crippen LogP) is 3.23. The molecule has 0 spiro atoms. The van der Waals surface area contributed by atoms with Crippen LogP contribution in [-0.4, -0.2) is 15.9 Å². The van der Waals surface area contributed by atoms with Crippen molar-refractivity contribution in [2.75, 3.05) is 0 Å². The molecule has 4 nitrogen and oxygen atoms in total. The first-order chi connectivity index (χ1) is 8.74. The number of benzene rings is 1. The summed E-state index contributed by atoms with van der Waals surface area (Å²) in [5.41, 5.74) is 0.749. The van der Waals surface area contributed by atoms with Gasteiger partial charge in [-0.15, -0.1) is 0 Å². The molecule has 5 heteroatoms. The standard InChI is InChI=1S/C13H11ClN2O2/c14-11-4-2-1-3-10(11)12-15-13(18-16-12)8-5-6-9(17)7-8/h1-4,8H,5-7H2/t8-/m1/s1. The van der Waals surface area contributed by atoms with Crippen molar-refractivity contribution in [3.05, 3.63) is 35.2 Å². The molecule has 0 saturated heterocycles. The van der Waals surface area contributed by atoms with Gasteiger partial charge in [-0.25, -0.2) is 0 Å². The van der Waals surface area contributed by atoms with E-state index in [9.17, 15) is 4.79 Å². The molecule has 1 aromatic heterocycles. The van der Waals surface area contributed by atoms with Crippen molar-refractivity contribution in [3.8, 4) is 11.4 Å². The van der Waals surface area contributed by atoms with Gasteiger partial charge in [0, 0.05) is 24.3 Å². The van der Waals surface area contributed by atoms with Crippen molar-refractivity contribution in [1.29, 1.82) is 0 Å². The van der Waals surface area contributed by atoms with Gasteiger partial charge in [0.15, 0.2) is 0 Å². The Kier molecular flexibility index (Phi) is 2.88. The smallest absolute Gasteiger partial charge is 0.230 e. The molecule has 3 rings (SSSR count). The number of nitrogens with zero attached hydrogens (tertiary/aromatic N) is 2. The number of carbonyl (C=O) groups excluding carboxylic acids is 1. The molecule has 92 valence electrons. The van der Waals surface area contributed by atoms with Crippen molar-refractivity contribution < 1.29 is 9.32 Å². The van der Waals surface area contributed by atoms with E-state index < -0.39 is 0 Å². The predicted molar refractivity (Wildman–Crippen MR) is 66.3 cm³/mol. The zero-order valence-corrected chi connectivity index (χ0v) is 10.4. The minimum absolute atomic E-state index is 0.0706. The molecule has 0 N–H and O–H groups in total. The quantitative estimate of drug-likeness (QED) is 0.834. The lowest BCUT2D eigenvalue weighted by Gasteiger charge is -1.99. The normalized spacial score (nSPS) is 19.4. The van der Waals surface area contributed by atoms with Crippen LogP contribution in [0, 0.1) is 0 Å². The first kappa shape index (κ1) is 11.4. The number of aromatic nitrogens is 2. The van der Waals surface area contributed by atoms with Crippen LogP contribution in [0.1, 0.15) is 31.1 Å². The Morgan fingerprint density at radius 3 is 2.89 bits per heavy atom. The summed E-state index contributed by atoms with van der Waals surface area (Å²) < 4.78 is 5.23. The fourth-order valence-corrected chi connectivity index (χ4v) is 2.40.